The number of nitrogens with zero attached hydrogens (tertiary/aromatic N) is 1. The maximum Gasteiger partial charge on any atom is 0.310 e. The first-order chi connectivity index (χ1) is 13.0. The minimum Gasteiger partial charge on any atom is -0.469 e. The Hall–Kier alpha value is -2.33. The van der Waals surface area contributed by atoms with E-state index in [1.807, 2.05) is 54.6 Å². The molecule has 27 heavy (non-hydrogen) atoms. The van der Waals surface area contributed by atoms with Crippen molar-refractivity contribution in [2.75, 3.05) is 13.7 Å². The number of hydrogen-bond donors (Lipinski definition) is 0. The molecule has 2 rings (SSSR count). The van der Waals surface area contributed by atoms with Crippen molar-refractivity contribution >= 4 is 23.5 Å². The van der Waals surface area contributed by atoms with Crippen molar-refractivity contribution in [1.29, 1.82) is 0 Å². The van der Waals surface area contributed by atoms with E-state index in [0.717, 1.165) is 24.0 Å². The molecule has 0 aliphatic carbocycles. The number of carbonyl (C=O) groups excluding carboxylic acids is 2. The predicted octanol–water partition coefficient (Wildman–Crippen LogP) is 4.50. The second kappa shape index (κ2) is 10.7. The zero-order valence-electron chi connectivity index (χ0n) is 15.9. The molecular weight excluding hydrogens is 362 g/mol. The molecule has 0 saturated heterocycles. The molecule has 1 atom stereocenters. The van der Waals surface area contributed by atoms with Crippen LogP contribution in [0.25, 0.3) is 0 Å². The van der Waals surface area contributed by atoms with Crippen LogP contribution in [0, 0.1) is 5.92 Å². The van der Waals surface area contributed by atoms with Gasteiger partial charge in [0, 0.05) is 24.5 Å². The summed E-state index contributed by atoms with van der Waals surface area (Å²) in [6.07, 6.45) is 2.00. The summed E-state index contributed by atoms with van der Waals surface area (Å²) in [7, 11) is 1.37. The Morgan fingerprint density at radius 3 is 2.33 bits per heavy atom. The topological polar surface area (TPSA) is 46.6 Å². The van der Waals surface area contributed by atoms with E-state index in [-0.39, 0.29) is 17.8 Å². The van der Waals surface area contributed by atoms with Crippen molar-refractivity contribution in [2.45, 2.75) is 32.7 Å². The maximum absolute atomic E-state index is 12.8. The van der Waals surface area contributed by atoms with Crippen LogP contribution in [0.3, 0.4) is 0 Å². The molecule has 0 radical (unpaired) electrons. The molecule has 0 spiro atoms. The van der Waals surface area contributed by atoms with E-state index < -0.39 is 0 Å². The summed E-state index contributed by atoms with van der Waals surface area (Å²) in [4.78, 5) is 26.3. The zero-order valence-corrected chi connectivity index (χ0v) is 16.6. The first-order valence-electron chi connectivity index (χ1n) is 9.13. The lowest BCUT2D eigenvalue weighted by Gasteiger charge is -2.25. The number of rotatable bonds is 9. The molecule has 0 aliphatic heterocycles. The Bertz CT molecular complexity index is 731. The number of halogens is 1. The summed E-state index contributed by atoms with van der Waals surface area (Å²) in [5, 5.41) is 0.709. The number of aryl methyl sites for hydroxylation is 1. The molecule has 0 saturated carbocycles. The normalized spacial score (nSPS) is 11.7. The molecule has 0 bridgehead atoms. The smallest absolute Gasteiger partial charge is 0.310 e. The summed E-state index contributed by atoms with van der Waals surface area (Å²) >= 11 is 5.90. The number of ether oxygens (including phenoxy) is 1. The second-order valence-electron chi connectivity index (χ2n) is 6.66. The highest BCUT2D eigenvalue weighted by molar-refractivity contribution is 6.30. The summed E-state index contributed by atoms with van der Waals surface area (Å²) in [5.41, 5.74) is 2.20. The van der Waals surface area contributed by atoms with Gasteiger partial charge in [-0.05, 0) is 36.1 Å². The van der Waals surface area contributed by atoms with E-state index in [1.54, 1.807) is 11.8 Å². The molecule has 4 nitrogen and oxygen atoms in total. The van der Waals surface area contributed by atoms with E-state index in [2.05, 4.69) is 0 Å². The number of hydrogen-bond acceptors (Lipinski definition) is 3. The number of methoxy groups -OCH3 is 1. The van der Waals surface area contributed by atoms with Crippen LogP contribution in [-0.2, 0) is 27.3 Å². The fourth-order valence-electron chi connectivity index (χ4n) is 2.92. The van der Waals surface area contributed by atoms with E-state index in [1.165, 1.54) is 7.11 Å². The quantitative estimate of drug-likeness (QED) is 0.595. The molecule has 0 aliphatic rings. The maximum atomic E-state index is 12.8. The number of amides is 1. The Kier molecular flexibility index (Phi) is 8.34. The van der Waals surface area contributed by atoms with Gasteiger partial charge in [-0.1, -0.05) is 61.0 Å². The average Bonchev–Trinajstić information content (AvgIpc) is 2.69. The second-order valence-corrected chi connectivity index (χ2v) is 7.10. The van der Waals surface area contributed by atoms with Gasteiger partial charge in [0.1, 0.15) is 0 Å². The van der Waals surface area contributed by atoms with Crippen molar-refractivity contribution in [3.63, 3.8) is 0 Å². The van der Waals surface area contributed by atoms with Crippen LogP contribution in [0.15, 0.2) is 54.6 Å². The zero-order chi connectivity index (χ0) is 19.6. The van der Waals surface area contributed by atoms with E-state index in [4.69, 9.17) is 16.3 Å². The van der Waals surface area contributed by atoms with Crippen molar-refractivity contribution < 1.29 is 14.3 Å². The van der Waals surface area contributed by atoms with Crippen molar-refractivity contribution in [3.05, 3.63) is 70.7 Å². The fourth-order valence-corrected chi connectivity index (χ4v) is 3.04. The highest BCUT2D eigenvalue weighted by atomic mass is 35.5. The summed E-state index contributed by atoms with van der Waals surface area (Å²) in [6, 6.07) is 17.5. The van der Waals surface area contributed by atoms with Crippen LogP contribution in [0.2, 0.25) is 5.02 Å². The van der Waals surface area contributed by atoms with Crippen molar-refractivity contribution in [1.82, 2.24) is 4.90 Å². The lowest BCUT2D eigenvalue weighted by molar-refractivity contribution is -0.146. The van der Waals surface area contributed by atoms with Gasteiger partial charge >= 0.3 is 5.97 Å². The SMILES string of the molecule is COC(=O)C(C)CN(Cc1ccccc1)C(=O)CCCc1ccc(Cl)cc1. The van der Waals surface area contributed by atoms with Gasteiger partial charge in [0.05, 0.1) is 13.0 Å². The van der Waals surface area contributed by atoms with Crippen LogP contribution >= 0.6 is 11.6 Å². The van der Waals surface area contributed by atoms with Gasteiger partial charge in [0.25, 0.3) is 0 Å². The minimum atomic E-state index is -0.362. The Labute approximate surface area is 166 Å². The third-order valence-corrected chi connectivity index (χ3v) is 4.69. The molecule has 1 unspecified atom stereocenters. The lowest BCUT2D eigenvalue weighted by Crippen LogP contribution is -2.36. The summed E-state index contributed by atoms with van der Waals surface area (Å²) in [5.74, 6) is -0.621. The molecule has 2 aromatic rings. The lowest BCUT2D eigenvalue weighted by atomic mass is 10.1. The molecule has 0 aromatic heterocycles. The molecule has 1 amide bonds. The van der Waals surface area contributed by atoms with Crippen LogP contribution in [-0.4, -0.2) is 30.4 Å². The molecule has 0 heterocycles. The van der Waals surface area contributed by atoms with Crippen LogP contribution in [0.4, 0.5) is 0 Å². The van der Waals surface area contributed by atoms with Gasteiger partial charge in [-0.3, -0.25) is 9.59 Å². The number of carbonyl (C=O) groups is 2. The first kappa shape index (κ1) is 21.0. The Morgan fingerprint density at radius 1 is 1.04 bits per heavy atom. The van der Waals surface area contributed by atoms with Crippen molar-refractivity contribution in [2.24, 2.45) is 5.92 Å². The van der Waals surface area contributed by atoms with Gasteiger partial charge < -0.3 is 9.64 Å². The third-order valence-electron chi connectivity index (χ3n) is 4.44. The molecule has 2 aromatic carbocycles. The third kappa shape index (κ3) is 7.06. The monoisotopic (exact) mass is 387 g/mol. The number of esters is 1. The first-order valence-corrected chi connectivity index (χ1v) is 9.51. The van der Waals surface area contributed by atoms with Crippen LogP contribution in [0.5, 0.6) is 0 Å². The van der Waals surface area contributed by atoms with E-state index >= 15 is 0 Å². The van der Waals surface area contributed by atoms with Gasteiger partial charge in [0.15, 0.2) is 0 Å². The van der Waals surface area contributed by atoms with Crippen LogP contribution in [0.1, 0.15) is 30.9 Å². The van der Waals surface area contributed by atoms with Gasteiger partial charge in [0.2, 0.25) is 5.91 Å². The molecular formula is C22H26ClNO3. The molecule has 5 heteroatoms. The van der Waals surface area contributed by atoms with Gasteiger partial charge in [-0.15, -0.1) is 0 Å². The standard InChI is InChI=1S/C22H26ClNO3/c1-17(22(26)27-2)15-24(16-19-7-4-3-5-8-19)21(25)10-6-9-18-11-13-20(23)14-12-18/h3-5,7-8,11-14,17H,6,9-10,15-16H2,1-2H3. The van der Waals surface area contributed by atoms with E-state index in [9.17, 15) is 9.59 Å². The minimum absolute atomic E-state index is 0.0450. The Morgan fingerprint density at radius 2 is 1.70 bits per heavy atom. The largest absolute Gasteiger partial charge is 0.469 e. The van der Waals surface area contributed by atoms with E-state index in [0.29, 0.717) is 24.5 Å². The Balaban J connectivity index is 1.96. The van der Waals surface area contributed by atoms with Crippen molar-refractivity contribution in [3.8, 4) is 0 Å². The van der Waals surface area contributed by atoms with Crippen LogP contribution < -0.4 is 0 Å². The highest BCUT2D eigenvalue weighted by Gasteiger charge is 2.21. The fraction of sp³-hybridized carbons (Fsp3) is 0.364. The van der Waals surface area contributed by atoms with Gasteiger partial charge in [-0.2, -0.15) is 0 Å². The highest BCUT2D eigenvalue weighted by Crippen LogP contribution is 2.14. The molecule has 0 N–H and O–H groups in total. The molecule has 144 valence electrons. The van der Waals surface area contributed by atoms with Gasteiger partial charge in [-0.25, -0.2) is 0 Å². The predicted molar refractivity (Wildman–Crippen MR) is 107 cm³/mol. The average molecular weight is 388 g/mol. The molecule has 0 fully saturated rings. The number of benzene rings is 2. The summed E-state index contributed by atoms with van der Waals surface area (Å²) in [6.45, 7) is 2.62. The summed E-state index contributed by atoms with van der Waals surface area (Å²) < 4.78 is 4.80.